The van der Waals surface area contributed by atoms with E-state index in [4.69, 9.17) is 0 Å². The van der Waals surface area contributed by atoms with Crippen LogP contribution in [0.1, 0.15) is 30.3 Å². The molecule has 0 bridgehead atoms. The maximum absolute atomic E-state index is 4.60. The monoisotopic (exact) mass is 290 g/mol. The molecule has 1 N–H and O–H groups in total. The van der Waals surface area contributed by atoms with Crippen LogP contribution in [0.25, 0.3) is 0 Å². The molecule has 0 fully saturated rings. The van der Waals surface area contributed by atoms with Gasteiger partial charge in [-0.1, -0.05) is 6.92 Å². The Morgan fingerprint density at radius 1 is 1.30 bits per heavy atom. The van der Waals surface area contributed by atoms with E-state index in [1.54, 1.807) is 11.3 Å². The summed E-state index contributed by atoms with van der Waals surface area (Å²) in [6.07, 6.45) is 1.09. The van der Waals surface area contributed by atoms with Gasteiger partial charge in [0.05, 0.1) is 0 Å². The normalized spacial score (nSPS) is 10.6. The van der Waals surface area contributed by atoms with Gasteiger partial charge in [-0.15, -0.1) is 0 Å². The third-order valence-electron chi connectivity index (χ3n) is 3.14. The molecule has 0 amide bonds. The molecule has 0 spiro atoms. The van der Waals surface area contributed by atoms with Crippen molar-refractivity contribution in [3.8, 4) is 0 Å². The quantitative estimate of drug-likeness (QED) is 0.882. The van der Waals surface area contributed by atoms with E-state index in [1.165, 1.54) is 5.56 Å². The maximum Gasteiger partial charge on any atom is 0.137 e. The number of nitrogens with one attached hydrogen (secondary N) is 1. The van der Waals surface area contributed by atoms with E-state index in [1.807, 2.05) is 6.92 Å². The highest BCUT2D eigenvalue weighted by Crippen LogP contribution is 2.24. The first-order chi connectivity index (χ1) is 9.61. The van der Waals surface area contributed by atoms with Gasteiger partial charge < -0.3 is 10.2 Å². The second kappa shape index (κ2) is 6.70. The lowest BCUT2D eigenvalue weighted by Gasteiger charge is -2.21. The van der Waals surface area contributed by atoms with Crippen LogP contribution in [0.2, 0.25) is 0 Å². The van der Waals surface area contributed by atoms with Crippen molar-refractivity contribution < 1.29 is 0 Å². The van der Waals surface area contributed by atoms with Gasteiger partial charge in [0, 0.05) is 25.7 Å². The largest absolute Gasteiger partial charge is 0.370 e. The fourth-order valence-corrected chi connectivity index (χ4v) is 2.79. The van der Waals surface area contributed by atoms with Crippen LogP contribution in [0.5, 0.6) is 0 Å². The van der Waals surface area contributed by atoms with Crippen molar-refractivity contribution in [2.75, 3.05) is 23.8 Å². The summed E-state index contributed by atoms with van der Waals surface area (Å²) < 4.78 is 0. The highest BCUT2D eigenvalue weighted by Gasteiger charge is 2.13. The molecule has 0 aliphatic carbocycles. The van der Waals surface area contributed by atoms with Crippen molar-refractivity contribution in [2.24, 2.45) is 0 Å². The van der Waals surface area contributed by atoms with Crippen LogP contribution in [0.15, 0.2) is 16.8 Å². The minimum Gasteiger partial charge on any atom is -0.370 e. The minimum absolute atomic E-state index is 0.807. The van der Waals surface area contributed by atoms with Crippen molar-refractivity contribution in [1.29, 1.82) is 0 Å². The SMILES string of the molecule is CCCNc1nc(C)nc(N(C)Cc2ccsc2)c1C. The zero-order chi connectivity index (χ0) is 14.5. The van der Waals surface area contributed by atoms with Gasteiger partial charge in [0.15, 0.2) is 0 Å². The molecule has 2 aromatic heterocycles. The predicted molar refractivity (Wildman–Crippen MR) is 86.7 cm³/mol. The van der Waals surface area contributed by atoms with E-state index >= 15 is 0 Å². The summed E-state index contributed by atoms with van der Waals surface area (Å²) in [6.45, 7) is 7.98. The lowest BCUT2D eigenvalue weighted by Crippen LogP contribution is -2.20. The summed E-state index contributed by atoms with van der Waals surface area (Å²) in [5.74, 6) is 2.76. The van der Waals surface area contributed by atoms with Crippen LogP contribution >= 0.6 is 11.3 Å². The smallest absolute Gasteiger partial charge is 0.137 e. The molecule has 2 aromatic rings. The number of aryl methyl sites for hydroxylation is 1. The number of nitrogens with zero attached hydrogens (tertiary/aromatic N) is 3. The fourth-order valence-electron chi connectivity index (χ4n) is 2.13. The minimum atomic E-state index is 0.807. The second-order valence-corrected chi connectivity index (χ2v) is 5.76. The summed E-state index contributed by atoms with van der Waals surface area (Å²) in [4.78, 5) is 11.3. The summed E-state index contributed by atoms with van der Waals surface area (Å²) in [7, 11) is 2.08. The second-order valence-electron chi connectivity index (χ2n) is 4.98. The molecule has 20 heavy (non-hydrogen) atoms. The van der Waals surface area contributed by atoms with Gasteiger partial charge in [-0.3, -0.25) is 0 Å². The predicted octanol–water partition coefficient (Wildman–Crippen LogP) is 3.61. The molecule has 4 nitrogen and oxygen atoms in total. The third kappa shape index (κ3) is 3.48. The van der Waals surface area contributed by atoms with Crippen LogP contribution in [0.3, 0.4) is 0 Å². The molecule has 2 heterocycles. The Balaban J connectivity index is 2.23. The van der Waals surface area contributed by atoms with Crippen LogP contribution in [0, 0.1) is 13.8 Å². The molecule has 0 radical (unpaired) electrons. The topological polar surface area (TPSA) is 41.1 Å². The molecule has 0 unspecified atom stereocenters. The van der Waals surface area contributed by atoms with E-state index in [9.17, 15) is 0 Å². The Morgan fingerprint density at radius 2 is 2.10 bits per heavy atom. The highest BCUT2D eigenvalue weighted by atomic mass is 32.1. The number of rotatable bonds is 6. The zero-order valence-electron chi connectivity index (χ0n) is 12.6. The molecule has 0 aliphatic heterocycles. The van der Waals surface area contributed by atoms with Crippen molar-refractivity contribution >= 4 is 23.0 Å². The number of hydrogen-bond acceptors (Lipinski definition) is 5. The lowest BCUT2D eigenvalue weighted by molar-refractivity contribution is 0.868. The number of aromatic nitrogens is 2. The maximum atomic E-state index is 4.60. The van der Waals surface area contributed by atoms with Gasteiger partial charge in [-0.05, 0) is 42.7 Å². The van der Waals surface area contributed by atoms with Crippen molar-refractivity contribution in [1.82, 2.24) is 9.97 Å². The van der Waals surface area contributed by atoms with E-state index in [0.29, 0.717) is 0 Å². The number of thiophene rings is 1. The zero-order valence-corrected chi connectivity index (χ0v) is 13.4. The molecule has 0 saturated carbocycles. The van der Waals surface area contributed by atoms with Crippen molar-refractivity contribution in [2.45, 2.75) is 33.7 Å². The van der Waals surface area contributed by atoms with Gasteiger partial charge in [-0.2, -0.15) is 11.3 Å². The molecule has 0 aromatic carbocycles. The van der Waals surface area contributed by atoms with E-state index < -0.39 is 0 Å². The molecule has 0 saturated heterocycles. The van der Waals surface area contributed by atoms with Crippen LogP contribution < -0.4 is 10.2 Å². The average Bonchev–Trinajstić information content (AvgIpc) is 2.92. The van der Waals surface area contributed by atoms with E-state index in [2.05, 4.69) is 57.9 Å². The number of hydrogen-bond donors (Lipinski definition) is 1. The molecular formula is C15H22N4S. The summed E-state index contributed by atoms with van der Waals surface area (Å²) in [5.41, 5.74) is 2.43. The first-order valence-corrected chi connectivity index (χ1v) is 7.87. The third-order valence-corrected chi connectivity index (χ3v) is 3.87. The highest BCUT2D eigenvalue weighted by molar-refractivity contribution is 7.07. The van der Waals surface area contributed by atoms with Crippen LogP contribution in [-0.4, -0.2) is 23.6 Å². The molecule has 108 valence electrons. The molecule has 0 atom stereocenters. The Labute approximate surface area is 124 Å². The van der Waals surface area contributed by atoms with Crippen molar-refractivity contribution in [3.63, 3.8) is 0 Å². The van der Waals surface area contributed by atoms with Crippen LogP contribution in [-0.2, 0) is 6.54 Å². The van der Waals surface area contributed by atoms with Gasteiger partial charge in [-0.25, -0.2) is 9.97 Å². The Bertz CT molecular complexity index is 551. The lowest BCUT2D eigenvalue weighted by atomic mass is 10.2. The molecular weight excluding hydrogens is 268 g/mol. The first kappa shape index (κ1) is 14.8. The van der Waals surface area contributed by atoms with Crippen LogP contribution in [0.4, 0.5) is 11.6 Å². The van der Waals surface area contributed by atoms with Crippen molar-refractivity contribution in [3.05, 3.63) is 33.8 Å². The van der Waals surface area contributed by atoms with Gasteiger partial charge >= 0.3 is 0 Å². The molecule has 2 rings (SSSR count). The summed E-state index contributed by atoms with van der Waals surface area (Å²) in [6, 6.07) is 2.15. The Morgan fingerprint density at radius 3 is 2.75 bits per heavy atom. The summed E-state index contributed by atoms with van der Waals surface area (Å²) >= 11 is 1.73. The number of anilines is 2. The van der Waals surface area contributed by atoms with E-state index in [0.717, 1.165) is 42.5 Å². The molecule has 5 heteroatoms. The van der Waals surface area contributed by atoms with Gasteiger partial charge in [0.25, 0.3) is 0 Å². The Kier molecular flexibility index (Phi) is 4.95. The average molecular weight is 290 g/mol. The Hall–Kier alpha value is -1.62. The fraction of sp³-hybridized carbons (Fsp3) is 0.467. The first-order valence-electron chi connectivity index (χ1n) is 6.93. The van der Waals surface area contributed by atoms with Gasteiger partial charge in [0.1, 0.15) is 17.5 Å². The van der Waals surface area contributed by atoms with Gasteiger partial charge in [0.2, 0.25) is 0 Å². The standard InChI is InChI=1S/C15H22N4S/c1-5-7-16-14-11(2)15(18-12(3)17-14)19(4)9-13-6-8-20-10-13/h6,8,10H,5,7,9H2,1-4H3,(H,16,17,18). The van der Waals surface area contributed by atoms with E-state index in [-0.39, 0.29) is 0 Å². The summed E-state index contributed by atoms with van der Waals surface area (Å²) in [5, 5.41) is 7.67. The molecule has 0 aliphatic rings.